The predicted octanol–water partition coefficient (Wildman–Crippen LogP) is 4.62. The van der Waals surface area contributed by atoms with Gasteiger partial charge in [-0.2, -0.15) is 0 Å². The van der Waals surface area contributed by atoms with Crippen molar-refractivity contribution in [1.82, 2.24) is 5.43 Å². The molecule has 1 fully saturated rings. The first-order valence-electron chi connectivity index (χ1n) is 7.98. The second-order valence-corrected chi connectivity index (χ2v) is 7.82. The highest BCUT2D eigenvalue weighted by Gasteiger charge is 2.25. The van der Waals surface area contributed by atoms with Crippen LogP contribution in [0.4, 0.5) is 0 Å². The fourth-order valence-electron chi connectivity index (χ4n) is 3.45. The Bertz CT molecular complexity index is 286. The summed E-state index contributed by atoms with van der Waals surface area (Å²) in [6.07, 6.45) is 9.98. The topological polar surface area (TPSA) is 38.0 Å². The lowest BCUT2D eigenvalue weighted by atomic mass is 9.73. The predicted molar refractivity (Wildman–Crippen MR) is 84.4 cm³/mol. The average molecular weight is 266 g/mol. The zero-order valence-electron chi connectivity index (χ0n) is 13.6. The van der Waals surface area contributed by atoms with Crippen molar-refractivity contribution >= 4 is 0 Å². The third-order valence-electron chi connectivity index (χ3n) is 4.53. The smallest absolute Gasteiger partial charge is 0.0117 e. The van der Waals surface area contributed by atoms with Crippen LogP contribution in [0, 0.1) is 23.2 Å². The normalized spacial score (nSPS) is 28.3. The fraction of sp³-hybridized carbons (Fsp3) is 0.882. The maximum Gasteiger partial charge on any atom is 0.0117 e. The molecule has 1 aliphatic rings. The molecule has 1 aliphatic carbocycles. The lowest BCUT2D eigenvalue weighted by molar-refractivity contribution is 0.255. The van der Waals surface area contributed by atoms with E-state index >= 15 is 0 Å². The summed E-state index contributed by atoms with van der Waals surface area (Å²) in [7, 11) is 0. The van der Waals surface area contributed by atoms with E-state index in [2.05, 4.69) is 46.2 Å². The molecule has 0 aromatic rings. The average Bonchev–Trinajstić information content (AvgIpc) is 2.25. The summed E-state index contributed by atoms with van der Waals surface area (Å²) in [6.45, 7) is 11.8. The third-order valence-corrected chi connectivity index (χ3v) is 4.53. The Morgan fingerprint density at radius 3 is 2.47 bits per heavy atom. The van der Waals surface area contributed by atoms with Gasteiger partial charge in [0.05, 0.1) is 0 Å². The first-order chi connectivity index (χ1) is 8.83. The zero-order chi connectivity index (χ0) is 14.5. The number of rotatable bonds is 3. The second-order valence-electron chi connectivity index (χ2n) is 7.82. The maximum atomic E-state index is 5.54. The van der Waals surface area contributed by atoms with Gasteiger partial charge in [0.2, 0.25) is 0 Å². The van der Waals surface area contributed by atoms with Gasteiger partial charge >= 0.3 is 0 Å². The summed E-state index contributed by atoms with van der Waals surface area (Å²) < 4.78 is 0. The summed E-state index contributed by atoms with van der Waals surface area (Å²) in [5, 5.41) is 0. The lowest BCUT2D eigenvalue weighted by Gasteiger charge is -2.32. The number of hydrazine groups is 1. The number of hydrogen-bond acceptors (Lipinski definition) is 2. The van der Waals surface area contributed by atoms with Crippen LogP contribution >= 0.6 is 0 Å². The highest BCUT2D eigenvalue weighted by Crippen LogP contribution is 2.38. The van der Waals surface area contributed by atoms with Gasteiger partial charge in [-0.1, -0.05) is 47.5 Å². The van der Waals surface area contributed by atoms with Crippen LogP contribution in [-0.4, -0.2) is 0 Å². The molecule has 2 nitrogen and oxygen atoms in total. The van der Waals surface area contributed by atoms with Gasteiger partial charge in [-0.15, -0.1) is 0 Å². The van der Waals surface area contributed by atoms with Crippen LogP contribution in [0.15, 0.2) is 11.8 Å². The molecule has 0 saturated heterocycles. The van der Waals surface area contributed by atoms with Gasteiger partial charge in [-0.3, -0.25) is 5.84 Å². The van der Waals surface area contributed by atoms with E-state index < -0.39 is 0 Å². The first-order valence-corrected chi connectivity index (χ1v) is 7.98. The van der Waals surface area contributed by atoms with Gasteiger partial charge in [-0.25, -0.2) is 0 Å². The molecule has 0 heterocycles. The highest BCUT2D eigenvalue weighted by atomic mass is 15.2. The molecule has 0 aromatic carbocycles. The van der Waals surface area contributed by atoms with Crippen LogP contribution in [-0.2, 0) is 0 Å². The minimum absolute atomic E-state index is 0.398. The monoisotopic (exact) mass is 266 g/mol. The number of allylic oxidation sites excluding steroid dienone is 1. The van der Waals surface area contributed by atoms with Crippen LogP contribution < -0.4 is 11.3 Å². The molecule has 2 unspecified atom stereocenters. The molecule has 0 aromatic heterocycles. The number of nitrogens with two attached hydrogens (primary N) is 1. The van der Waals surface area contributed by atoms with E-state index in [4.69, 9.17) is 5.84 Å². The molecule has 19 heavy (non-hydrogen) atoms. The zero-order valence-corrected chi connectivity index (χ0v) is 13.6. The molecule has 1 rings (SSSR count). The quantitative estimate of drug-likeness (QED) is 0.577. The van der Waals surface area contributed by atoms with Crippen molar-refractivity contribution in [3.05, 3.63) is 11.8 Å². The molecule has 0 aliphatic heterocycles. The van der Waals surface area contributed by atoms with Crippen molar-refractivity contribution in [1.29, 1.82) is 0 Å². The Labute approximate surface area is 120 Å². The van der Waals surface area contributed by atoms with E-state index in [9.17, 15) is 0 Å². The maximum absolute atomic E-state index is 5.54. The van der Waals surface area contributed by atoms with Crippen LogP contribution in [0.5, 0.6) is 0 Å². The van der Waals surface area contributed by atoms with Crippen molar-refractivity contribution in [2.75, 3.05) is 0 Å². The molecule has 0 spiro atoms. The molecule has 0 radical (unpaired) electrons. The lowest BCUT2D eigenvalue weighted by Crippen LogP contribution is -2.23. The Morgan fingerprint density at radius 1 is 1.26 bits per heavy atom. The summed E-state index contributed by atoms with van der Waals surface area (Å²) in [6, 6.07) is 0. The minimum Gasteiger partial charge on any atom is -0.331 e. The molecule has 112 valence electrons. The van der Waals surface area contributed by atoms with Gasteiger partial charge in [0.25, 0.3) is 0 Å². The summed E-state index contributed by atoms with van der Waals surface area (Å²) in [5.74, 6) is 7.95. The van der Waals surface area contributed by atoms with Crippen molar-refractivity contribution in [3.63, 3.8) is 0 Å². The molecular formula is C17H34N2. The van der Waals surface area contributed by atoms with Crippen LogP contribution in [0.2, 0.25) is 0 Å². The molecule has 2 heteroatoms. The van der Waals surface area contributed by atoms with E-state index in [1.807, 2.05) is 0 Å². The van der Waals surface area contributed by atoms with Gasteiger partial charge < -0.3 is 5.43 Å². The van der Waals surface area contributed by atoms with E-state index in [-0.39, 0.29) is 0 Å². The van der Waals surface area contributed by atoms with Gasteiger partial charge in [0, 0.05) is 6.20 Å². The molecule has 3 N–H and O–H groups in total. The first kappa shape index (κ1) is 16.6. The third kappa shape index (κ3) is 5.99. The Kier molecular flexibility index (Phi) is 6.38. The largest absolute Gasteiger partial charge is 0.331 e. The van der Waals surface area contributed by atoms with Crippen LogP contribution in [0.1, 0.15) is 73.1 Å². The Morgan fingerprint density at radius 2 is 1.95 bits per heavy atom. The van der Waals surface area contributed by atoms with E-state index in [1.54, 1.807) is 5.57 Å². The highest BCUT2D eigenvalue weighted by molar-refractivity contribution is 5.07. The molecule has 0 amide bonds. The van der Waals surface area contributed by atoms with E-state index in [1.165, 1.54) is 38.5 Å². The number of nitrogens with one attached hydrogen (secondary N) is 1. The summed E-state index contributed by atoms with van der Waals surface area (Å²) in [5.41, 5.74) is 4.73. The fourth-order valence-corrected chi connectivity index (χ4v) is 3.45. The van der Waals surface area contributed by atoms with E-state index in [0.717, 1.165) is 11.8 Å². The molecule has 2 atom stereocenters. The summed E-state index contributed by atoms with van der Waals surface area (Å²) >= 11 is 0. The second kappa shape index (κ2) is 7.33. The van der Waals surface area contributed by atoms with Crippen molar-refractivity contribution < 1.29 is 0 Å². The van der Waals surface area contributed by atoms with Gasteiger partial charge in [0.1, 0.15) is 0 Å². The van der Waals surface area contributed by atoms with Crippen molar-refractivity contribution in [2.45, 2.75) is 73.1 Å². The van der Waals surface area contributed by atoms with Crippen molar-refractivity contribution in [2.24, 2.45) is 29.0 Å². The standard InChI is InChI=1S/C17H34N2/c1-13(2)14-7-6-8-15(11-17(3,4)5)16(10-9-14)12-19-18/h12-15,19H,6-11,18H2,1-5H3/b16-12-. The summed E-state index contributed by atoms with van der Waals surface area (Å²) in [4.78, 5) is 0. The SMILES string of the molecule is CC(C)C1CCCC(CC(C)(C)C)/C(=C\NN)CC1. The molecule has 0 bridgehead atoms. The Hall–Kier alpha value is -0.500. The van der Waals surface area contributed by atoms with Crippen LogP contribution in [0.25, 0.3) is 0 Å². The number of hydrogen-bond donors (Lipinski definition) is 2. The van der Waals surface area contributed by atoms with Gasteiger partial charge in [0.15, 0.2) is 0 Å². The Balaban J connectivity index is 2.74. The molecular weight excluding hydrogens is 232 g/mol. The van der Waals surface area contributed by atoms with Gasteiger partial charge in [-0.05, 0) is 54.4 Å². The van der Waals surface area contributed by atoms with E-state index in [0.29, 0.717) is 11.3 Å². The minimum atomic E-state index is 0.398. The molecule has 1 saturated carbocycles. The van der Waals surface area contributed by atoms with Crippen LogP contribution in [0.3, 0.4) is 0 Å². The van der Waals surface area contributed by atoms with Crippen molar-refractivity contribution in [3.8, 4) is 0 Å².